The van der Waals surface area contributed by atoms with E-state index in [0.717, 1.165) is 62.4 Å². The van der Waals surface area contributed by atoms with Gasteiger partial charge in [0, 0.05) is 31.9 Å². The number of hydrogen-bond donors (Lipinski definition) is 0. The van der Waals surface area contributed by atoms with Crippen molar-refractivity contribution in [3.63, 3.8) is 0 Å². The molecule has 1 saturated heterocycles. The minimum Gasteiger partial charge on any atom is -0.370 e. The summed E-state index contributed by atoms with van der Waals surface area (Å²) in [5.74, 6) is 0.477. The molecule has 0 unspecified atom stereocenters. The molecule has 1 fully saturated rings. The van der Waals surface area contributed by atoms with E-state index in [1.807, 2.05) is 19.1 Å². The van der Waals surface area contributed by atoms with Gasteiger partial charge in [-0.3, -0.25) is 0 Å². The zero-order valence-corrected chi connectivity index (χ0v) is 15.4. The predicted octanol–water partition coefficient (Wildman–Crippen LogP) is 3.33. The molecule has 1 aliphatic rings. The van der Waals surface area contributed by atoms with Crippen molar-refractivity contribution in [2.75, 3.05) is 36.0 Å². The molecule has 6 heteroatoms. The van der Waals surface area contributed by atoms with E-state index in [0.29, 0.717) is 11.4 Å². The third-order valence-corrected chi connectivity index (χ3v) is 4.93. The largest absolute Gasteiger partial charge is 0.370 e. The number of anilines is 2. The molecule has 2 aromatic rings. The monoisotopic (exact) mass is 353 g/mol. The average Bonchev–Trinajstić information content (AvgIpc) is 2.93. The Morgan fingerprint density at radius 2 is 1.69 bits per heavy atom. The fourth-order valence-corrected chi connectivity index (χ4v) is 3.54. The summed E-state index contributed by atoms with van der Waals surface area (Å²) >= 11 is 0. The van der Waals surface area contributed by atoms with E-state index in [4.69, 9.17) is 0 Å². The van der Waals surface area contributed by atoms with Gasteiger partial charge in [0.05, 0.1) is 5.69 Å². The van der Waals surface area contributed by atoms with Crippen molar-refractivity contribution in [2.24, 2.45) is 0 Å². The molecule has 1 aromatic carbocycles. The molecule has 0 bridgehead atoms. The van der Waals surface area contributed by atoms with Crippen LogP contribution in [0, 0.1) is 17.1 Å². The summed E-state index contributed by atoms with van der Waals surface area (Å²) in [4.78, 5) is 4.41. The summed E-state index contributed by atoms with van der Waals surface area (Å²) in [6.07, 6.45) is 2.51. The Morgan fingerprint density at radius 3 is 2.35 bits per heavy atom. The van der Waals surface area contributed by atoms with Gasteiger partial charge in [0.15, 0.2) is 5.82 Å². The summed E-state index contributed by atoms with van der Waals surface area (Å²) in [5, 5.41) is 18.5. The molecule has 2 heterocycles. The van der Waals surface area contributed by atoms with Crippen LogP contribution in [0.2, 0.25) is 0 Å². The topological polar surface area (TPSA) is 56.1 Å². The molecule has 5 nitrogen and oxygen atoms in total. The standard InChI is InChI=1S/C20H24FN5/c1-3-17-18(14-22)20(24-23-19(17)4-2)26-11-5-10-25(12-13-26)16-8-6-15(21)7-9-16/h6-9H,3-5,10-13H2,1-2H3. The zero-order chi connectivity index (χ0) is 18.5. The number of halogens is 1. The second kappa shape index (κ2) is 8.13. The molecular formula is C20H24FN5. The first-order chi connectivity index (χ1) is 12.7. The van der Waals surface area contributed by atoms with Crippen LogP contribution in [0.25, 0.3) is 0 Å². The number of aryl methyl sites for hydroxylation is 1. The molecule has 0 saturated carbocycles. The Balaban J connectivity index is 1.83. The van der Waals surface area contributed by atoms with Crippen molar-refractivity contribution in [3.8, 4) is 6.07 Å². The highest BCUT2D eigenvalue weighted by molar-refractivity contribution is 5.58. The van der Waals surface area contributed by atoms with E-state index in [1.165, 1.54) is 12.1 Å². The minimum absolute atomic E-state index is 0.220. The quantitative estimate of drug-likeness (QED) is 0.844. The van der Waals surface area contributed by atoms with Crippen LogP contribution in [-0.4, -0.2) is 36.4 Å². The van der Waals surface area contributed by atoms with Crippen LogP contribution in [0.4, 0.5) is 15.9 Å². The zero-order valence-electron chi connectivity index (χ0n) is 15.4. The number of benzene rings is 1. The van der Waals surface area contributed by atoms with Crippen LogP contribution >= 0.6 is 0 Å². The lowest BCUT2D eigenvalue weighted by Crippen LogP contribution is -2.32. The average molecular weight is 353 g/mol. The van der Waals surface area contributed by atoms with Crippen LogP contribution < -0.4 is 9.80 Å². The Bertz CT molecular complexity index is 797. The van der Waals surface area contributed by atoms with E-state index in [9.17, 15) is 9.65 Å². The number of nitrogens with zero attached hydrogens (tertiary/aromatic N) is 5. The number of aromatic nitrogens is 2. The number of rotatable bonds is 4. The molecule has 1 aliphatic heterocycles. The molecule has 0 aliphatic carbocycles. The molecule has 136 valence electrons. The van der Waals surface area contributed by atoms with Crippen LogP contribution in [0.3, 0.4) is 0 Å². The Kier molecular flexibility index (Phi) is 5.67. The van der Waals surface area contributed by atoms with Gasteiger partial charge in [-0.25, -0.2) is 4.39 Å². The second-order valence-electron chi connectivity index (χ2n) is 6.45. The lowest BCUT2D eigenvalue weighted by Gasteiger charge is -2.25. The third kappa shape index (κ3) is 3.62. The fourth-order valence-electron chi connectivity index (χ4n) is 3.54. The van der Waals surface area contributed by atoms with E-state index in [-0.39, 0.29) is 5.82 Å². The number of nitriles is 1. The van der Waals surface area contributed by atoms with Gasteiger partial charge in [-0.15, -0.1) is 5.10 Å². The molecule has 0 spiro atoms. The molecule has 0 radical (unpaired) electrons. The molecule has 3 rings (SSSR count). The van der Waals surface area contributed by atoms with Crippen molar-refractivity contribution in [1.29, 1.82) is 5.26 Å². The first-order valence-corrected chi connectivity index (χ1v) is 9.21. The summed E-state index contributed by atoms with van der Waals surface area (Å²) in [5.41, 5.74) is 3.61. The molecule has 0 atom stereocenters. The van der Waals surface area contributed by atoms with Gasteiger partial charge in [0.2, 0.25) is 0 Å². The molecule has 0 N–H and O–H groups in total. The van der Waals surface area contributed by atoms with Gasteiger partial charge in [-0.1, -0.05) is 13.8 Å². The maximum absolute atomic E-state index is 13.2. The van der Waals surface area contributed by atoms with Crippen LogP contribution in [0.1, 0.15) is 37.1 Å². The molecule has 0 amide bonds. The normalized spacial score (nSPS) is 14.8. The first-order valence-electron chi connectivity index (χ1n) is 9.21. The summed E-state index contributed by atoms with van der Waals surface area (Å²) in [6.45, 7) is 7.38. The van der Waals surface area contributed by atoms with Crippen molar-refractivity contribution in [3.05, 3.63) is 46.9 Å². The highest BCUT2D eigenvalue weighted by Crippen LogP contribution is 2.25. The van der Waals surface area contributed by atoms with Gasteiger partial charge in [-0.2, -0.15) is 10.4 Å². The summed E-state index contributed by atoms with van der Waals surface area (Å²) in [6, 6.07) is 8.98. The first kappa shape index (κ1) is 18.1. The molecule has 26 heavy (non-hydrogen) atoms. The van der Waals surface area contributed by atoms with Crippen molar-refractivity contribution in [1.82, 2.24) is 10.2 Å². The highest BCUT2D eigenvalue weighted by Gasteiger charge is 2.22. The van der Waals surface area contributed by atoms with Gasteiger partial charge in [-0.05, 0) is 49.1 Å². The minimum atomic E-state index is -0.220. The van der Waals surface area contributed by atoms with Gasteiger partial charge in [0.1, 0.15) is 17.4 Å². The van der Waals surface area contributed by atoms with E-state index in [2.05, 4.69) is 33.0 Å². The van der Waals surface area contributed by atoms with Crippen molar-refractivity contribution < 1.29 is 4.39 Å². The van der Waals surface area contributed by atoms with Crippen molar-refractivity contribution in [2.45, 2.75) is 33.1 Å². The fraction of sp³-hybridized carbons (Fsp3) is 0.450. The Morgan fingerprint density at radius 1 is 1.00 bits per heavy atom. The van der Waals surface area contributed by atoms with Crippen LogP contribution in [0.5, 0.6) is 0 Å². The molecule has 1 aromatic heterocycles. The Hall–Kier alpha value is -2.68. The van der Waals surface area contributed by atoms with Gasteiger partial charge < -0.3 is 9.80 Å². The smallest absolute Gasteiger partial charge is 0.169 e. The van der Waals surface area contributed by atoms with Gasteiger partial charge >= 0.3 is 0 Å². The van der Waals surface area contributed by atoms with Crippen molar-refractivity contribution >= 4 is 11.5 Å². The lowest BCUT2D eigenvalue weighted by atomic mass is 10.0. The summed E-state index contributed by atoms with van der Waals surface area (Å²) < 4.78 is 13.2. The summed E-state index contributed by atoms with van der Waals surface area (Å²) in [7, 11) is 0. The molecular weight excluding hydrogens is 329 g/mol. The van der Waals surface area contributed by atoms with E-state index >= 15 is 0 Å². The Labute approximate surface area is 154 Å². The SMILES string of the molecule is CCc1nnc(N2CCCN(c3ccc(F)cc3)CC2)c(C#N)c1CC. The third-order valence-electron chi connectivity index (χ3n) is 4.93. The van der Waals surface area contributed by atoms with E-state index < -0.39 is 0 Å². The van der Waals surface area contributed by atoms with E-state index in [1.54, 1.807) is 0 Å². The maximum atomic E-state index is 13.2. The maximum Gasteiger partial charge on any atom is 0.169 e. The lowest BCUT2D eigenvalue weighted by molar-refractivity contribution is 0.627. The highest BCUT2D eigenvalue weighted by atomic mass is 19.1. The second-order valence-corrected chi connectivity index (χ2v) is 6.45. The van der Waals surface area contributed by atoms with Crippen LogP contribution in [0.15, 0.2) is 24.3 Å². The van der Waals surface area contributed by atoms with Crippen LogP contribution in [-0.2, 0) is 12.8 Å². The van der Waals surface area contributed by atoms with Gasteiger partial charge in [0.25, 0.3) is 0 Å². The predicted molar refractivity (Wildman–Crippen MR) is 101 cm³/mol. The number of hydrogen-bond acceptors (Lipinski definition) is 5.